The quantitative estimate of drug-likeness (QED) is 0.655. The lowest BCUT2D eigenvalue weighted by Gasteiger charge is -2.27. The highest BCUT2D eigenvalue weighted by Gasteiger charge is 2.34. The van der Waals surface area contributed by atoms with E-state index in [9.17, 15) is 4.79 Å². The molecule has 1 rings (SSSR count). The standard InChI is InChI=1S/C14H26N2OS/c1-3-5-6-11(4-2)14(17)16(12-7-8-12)10-9-13(15)18/h11-12H,3-10H2,1-2H3,(H2,15,18). The van der Waals surface area contributed by atoms with Crippen LogP contribution in [0, 0.1) is 5.92 Å². The molecule has 0 radical (unpaired) electrons. The van der Waals surface area contributed by atoms with Gasteiger partial charge in [0.05, 0.1) is 4.99 Å². The lowest BCUT2D eigenvalue weighted by molar-refractivity contribution is -0.136. The van der Waals surface area contributed by atoms with E-state index in [0.717, 1.165) is 38.5 Å². The van der Waals surface area contributed by atoms with Crippen molar-refractivity contribution in [1.82, 2.24) is 4.90 Å². The van der Waals surface area contributed by atoms with Gasteiger partial charge in [-0.3, -0.25) is 4.79 Å². The molecule has 0 aromatic rings. The van der Waals surface area contributed by atoms with E-state index in [2.05, 4.69) is 13.8 Å². The molecule has 1 saturated carbocycles. The number of thiocarbonyl (C=S) groups is 1. The molecule has 1 aliphatic carbocycles. The van der Waals surface area contributed by atoms with E-state index in [0.29, 0.717) is 29.9 Å². The Morgan fingerprint density at radius 1 is 1.44 bits per heavy atom. The van der Waals surface area contributed by atoms with Crippen LogP contribution in [0.15, 0.2) is 0 Å². The van der Waals surface area contributed by atoms with Crippen LogP contribution < -0.4 is 5.73 Å². The second kappa shape index (κ2) is 7.72. The number of rotatable bonds is 9. The molecule has 3 nitrogen and oxygen atoms in total. The van der Waals surface area contributed by atoms with Gasteiger partial charge in [0, 0.05) is 24.9 Å². The zero-order valence-electron chi connectivity index (χ0n) is 11.7. The zero-order valence-corrected chi connectivity index (χ0v) is 12.5. The number of amides is 1. The summed E-state index contributed by atoms with van der Waals surface area (Å²) in [5, 5.41) is 0. The Labute approximate surface area is 116 Å². The number of nitrogens with two attached hydrogens (primary N) is 1. The van der Waals surface area contributed by atoms with Crippen LogP contribution in [0.3, 0.4) is 0 Å². The number of hydrogen-bond acceptors (Lipinski definition) is 2. The maximum atomic E-state index is 12.5. The van der Waals surface area contributed by atoms with Gasteiger partial charge in [0.25, 0.3) is 0 Å². The van der Waals surface area contributed by atoms with E-state index in [1.54, 1.807) is 0 Å². The largest absolute Gasteiger partial charge is 0.393 e. The van der Waals surface area contributed by atoms with Gasteiger partial charge in [0.15, 0.2) is 0 Å². The van der Waals surface area contributed by atoms with Crippen molar-refractivity contribution in [3.05, 3.63) is 0 Å². The third-order valence-corrected chi connectivity index (χ3v) is 3.82. The highest BCUT2D eigenvalue weighted by molar-refractivity contribution is 7.80. The molecule has 0 saturated heterocycles. The minimum Gasteiger partial charge on any atom is -0.393 e. The molecular formula is C14H26N2OS. The van der Waals surface area contributed by atoms with Crippen LogP contribution in [0.2, 0.25) is 0 Å². The van der Waals surface area contributed by atoms with Gasteiger partial charge in [0.1, 0.15) is 0 Å². The molecular weight excluding hydrogens is 244 g/mol. The second-order valence-electron chi connectivity index (χ2n) is 5.23. The highest BCUT2D eigenvalue weighted by Crippen LogP contribution is 2.29. The topological polar surface area (TPSA) is 46.3 Å². The van der Waals surface area contributed by atoms with E-state index in [1.165, 1.54) is 0 Å². The average molecular weight is 270 g/mol. The maximum Gasteiger partial charge on any atom is 0.225 e. The Morgan fingerprint density at radius 3 is 2.56 bits per heavy atom. The predicted octanol–water partition coefficient (Wildman–Crippen LogP) is 2.87. The highest BCUT2D eigenvalue weighted by atomic mass is 32.1. The lowest BCUT2D eigenvalue weighted by Crippen LogP contribution is -2.39. The first-order chi connectivity index (χ1) is 8.60. The molecule has 1 fully saturated rings. The smallest absolute Gasteiger partial charge is 0.225 e. The first-order valence-electron chi connectivity index (χ1n) is 7.18. The van der Waals surface area contributed by atoms with Crippen molar-refractivity contribution >= 4 is 23.1 Å². The fourth-order valence-electron chi connectivity index (χ4n) is 2.28. The Kier molecular flexibility index (Phi) is 6.61. The monoisotopic (exact) mass is 270 g/mol. The molecule has 18 heavy (non-hydrogen) atoms. The van der Waals surface area contributed by atoms with Crippen molar-refractivity contribution in [2.75, 3.05) is 6.54 Å². The number of hydrogen-bond donors (Lipinski definition) is 1. The molecule has 1 amide bonds. The summed E-state index contributed by atoms with van der Waals surface area (Å²) < 4.78 is 0. The Balaban J connectivity index is 2.53. The summed E-state index contributed by atoms with van der Waals surface area (Å²) in [5.41, 5.74) is 5.54. The van der Waals surface area contributed by atoms with Crippen molar-refractivity contribution in [3.8, 4) is 0 Å². The summed E-state index contributed by atoms with van der Waals surface area (Å²) in [6.07, 6.45) is 7.19. The summed E-state index contributed by atoms with van der Waals surface area (Å²) in [6, 6.07) is 0.461. The maximum absolute atomic E-state index is 12.5. The van der Waals surface area contributed by atoms with Crippen LogP contribution in [0.1, 0.15) is 58.8 Å². The molecule has 0 aromatic carbocycles. The number of carbonyl (C=O) groups is 1. The fraction of sp³-hybridized carbons (Fsp3) is 0.857. The van der Waals surface area contributed by atoms with Gasteiger partial charge in [0.2, 0.25) is 5.91 Å². The third kappa shape index (κ3) is 4.92. The number of unbranched alkanes of at least 4 members (excludes halogenated alkanes) is 1. The molecule has 4 heteroatoms. The van der Waals surface area contributed by atoms with E-state index in [-0.39, 0.29) is 5.92 Å². The first kappa shape index (κ1) is 15.4. The summed E-state index contributed by atoms with van der Waals surface area (Å²) in [5.74, 6) is 0.515. The van der Waals surface area contributed by atoms with Crippen LogP contribution >= 0.6 is 12.2 Å². The Hall–Kier alpha value is -0.640. The average Bonchev–Trinajstić information content (AvgIpc) is 3.14. The molecule has 1 atom stereocenters. The van der Waals surface area contributed by atoms with Crippen LogP contribution in [0.4, 0.5) is 0 Å². The van der Waals surface area contributed by atoms with Crippen LogP contribution in [0.5, 0.6) is 0 Å². The molecule has 104 valence electrons. The number of carbonyl (C=O) groups excluding carboxylic acids is 1. The van der Waals surface area contributed by atoms with Gasteiger partial charge < -0.3 is 10.6 Å². The van der Waals surface area contributed by atoms with E-state index < -0.39 is 0 Å². The van der Waals surface area contributed by atoms with E-state index in [1.807, 2.05) is 4.90 Å². The summed E-state index contributed by atoms with van der Waals surface area (Å²) in [7, 11) is 0. The second-order valence-corrected chi connectivity index (χ2v) is 5.75. The zero-order chi connectivity index (χ0) is 13.5. The SMILES string of the molecule is CCCCC(CC)C(=O)N(CCC(N)=S)C1CC1. The molecule has 1 unspecified atom stereocenters. The van der Waals surface area contributed by atoms with Gasteiger partial charge >= 0.3 is 0 Å². The van der Waals surface area contributed by atoms with Crippen molar-refractivity contribution in [3.63, 3.8) is 0 Å². The lowest BCUT2D eigenvalue weighted by atomic mass is 9.97. The van der Waals surface area contributed by atoms with Gasteiger partial charge in [-0.2, -0.15) is 0 Å². The van der Waals surface area contributed by atoms with E-state index in [4.69, 9.17) is 18.0 Å². The number of nitrogens with zero attached hydrogens (tertiary/aromatic N) is 1. The molecule has 0 bridgehead atoms. The fourth-order valence-corrected chi connectivity index (χ4v) is 2.37. The first-order valence-corrected chi connectivity index (χ1v) is 7.59. The van der Waals surface area contributed by atoms with Crippen molar-refractivity contribution in [1.29, 1.82) is 0 Å². The Morgan fingerprint density at radius 2 is 2.11 bits per heavy atom. The summed E-state index contributed by atoms with van der Waals surface area (Å²) in [4.78, 5) is 15.1. The van der Waals surface area contributed by atoms with E-state index >= 15 is 0 Å². The third-order valence-electron chi connectivity index (χ3n) is 3.62. The van der Waals surface area contributed by atoms with Crippen LogP contribution in [-0.2, 0) is 4.79 Å². The van der Waals surface area contributed by atoms with Crippen LogP contribution in [-0.4, -0.2) is 28.4 Å². The van der Waals surface area contributed by atoms with Gasteiger partial charge in [-0.05, 0) is 25.7 Å². The normalized spacial score (nSPS) is 16.3. The van der Waals surface area contributed by atoms with Crippen molar-refractivity contribution < 1.29 is 4.79 Å². The molecule has 0 aromatic heterocycles. The minimum atomic E-state index is 0.192. The van der Waals surface area contributed by atoms with Gasteiger partial charge in [-0.15, -0.1) is 0 Å². The molecule has 2 N–H and O–H groups in total. The van der Waals surface area contributed by atoms with Crippen LogP contribution in [0.25, 0.3) is 0 Å². The molecule has 0 heterocycles. The van der Waals surface area contributed by atoms with Crippen molar-refractivity contribution in [2.24, 2.45) is 11.7 Å². The molecule has 0 aliphatic heterocycles. The summed E-state index contributed by atoms with van der Waals surface area (Å²) >= 11 is 4.91. The predicted molar refractivity (Wildman–Crippen MR) is 79.4 cm³/mol. The molecule has 0 spiro atoms. The van der Waals surface area contributed by atoms with Crippen molar-refractivity contribution in [2.45, 2.75) is 64.8 Å². The van der Waals surface area contributed by atoms with Gasteiger partial charge in [-0.1, -0.05) is 38.9 Å². The Bertz CT molecular complexity index is 290. The molecule has 1 aliphatic rings. The summed E-state index contributed by atoms with van der Waals surface area (Å²) in [6.45, 7) is 4.99. The minimum absolute atomic E-state index is 0.192. The van der Waals surface area contributed by atoms with Gasteiger partial charge in [-0.25, -0.2) is 0 Å².